The highest BCUT2D eigenvalue weighted by Gasteiger charge is 2.24. The summed E-state index contributed by atoms with van der Waals surface area (Å²) in [5, 5.41) is 0.670. The van der Waals surface area contributed by atoms with Crippen LogP contribution in [0.2, 0.25) is 5.02 Å². The van der Waals surface area contributed by atoms with Crippen molar-refractivity contribution in [1.29, 1.82) is 0 Å². The number of methoxy groups -OCH3 is 1. The van der Waals surface area contributed by atoms with Crippen molar-refractivity contribution in [3.63, 3.8) is 0 Å². The van der Waals surface area contributed by atoms with E-state index in [0.29, 0.717) is 23.4 Å². The van der Waals surface area contributed by atoms with Crippen LogP contribution in [0.5, 0.6) is 0 Å². The van der Waals surface area contributed by atoms with Crippen LogP contribution in [0.1, 0.15) is 18.4 Å². The number of ketones is 1. The summed E-state index contributed by atoms with van der Waals surface area (Å²) < 4.78 is 5.20. The van der Waals surface area contributed by atoms with Gasteiger partial charge in [0.25, 0.3) is 0 Å². The smallest absolute Gasteiger partial charge is 0.167 e. The topological polar surface area (TPSA) is 26.3 Å². The summed E-state index contributed by atoms with van der Waals surface area (Å²) in [5.74, 6) is 0.927. The standard InChI is InChI=1S/C12H11ClO2/c1-15-11-7-6-10(14)12(11)8-2-4-9(13)5-3-8/h2-5H,6-7H2,1H3. The first kappa shape index (κ1) is 10.2. The molecule has 0 aromatic heterocycles. The fourth-order valence-corrected chi connectivity index (χ4v) is 1.90. The molecule has 1 aromatic carbocycles. The highest BCUT2D eigenvalue weighted by Crippen LogP contribution is 2.31. The molecule has 0 atom stereocenters. The van der Waals surface area contributed by atoms with E-state index < -0.39 is 0 Å². The zero-order valence-corrected chi connectivity index (χ0v) is 9.17. The number of benzene rings is 1. The van der Waals surface area contributed by atoms with Gasteiger partial charge in [-0.1, -0.05) is 23.7 Å². The van der Waals surface area contributed by atoms with Gasteiger partial charge < -0.3 is 4.74 Å². The normalized spacial score (nSPS) is 16.0. The third-order valence-corrected chi connectivity index (χ3v) is 2.77. The molecule has 3 heteroatoms. The van der Waals surface area contributed by atoms with Crippen molar-refractivity contribution < 1.29 is 9.53 Å². The fourth-order valence-electron chi connectivity index (χ4n) is 1.78. The summed E-state index contributed by atoms with van der Waals surface area (Å²) in [5.41, 5.74) is 1.59. The summed E-state index contributed by atoms with van der Waals surface area (Å²) in [6.45, 7) is 0. The first-order valence-corrected chi connectivity index (χ1v) is 5.16. The minimum Gasteiger partial charge on any atom is -0.500 e. The molecule has 0 N–H and O–H groups in total. The maximum absolute atomic E-state index is 11.7. The van der Waals surface area contributed by atoms with Crippen LogP contribution in [-0.2, 0) is 9.53 Å². The Bertz CT molecular complexity index is 418. The Labute approximate surface area is 93.5 Å². The second kappa shape index (κ2) is 4.07. The van der Waals surface area contributed by atoms with E-state index in [1.165, 1.54) is 0 Å². The number of allylic oxidation sites excluding steroid dienone is 2. The zero-order valence-electron chi connectivity index (χ0n) is 8.42. The molecule has 0 fully saturated rings. The van der Waals surface area contributed by atoms with Crippen molar-refractivity contribution in [2.45, 2.75) is 12.8 Å². The lowest BCUT2D eigenvalue weighted by molar-refractivity contribution is -0.113. The van der Waals surface area contributed by atoms with Crippen LogP contribution in [-0.4, -0.2) is 12.9 Å². The molecule has 15 heavy (non-hydrogen) atoms. The maximum Gasteiger partial charge on any atom is 0.167 e. The van der Waals surface area contributed by atoms with Gasteiger partial charge in [0.2, 0.25) is 0 Å². The van der Waals surface area contributed by atoms with Crippen LogP contribution in [0.25, 0.3) is 5.57 Å². The van der Waals surface area contributed by atoms with Crippen LogP contribution in [0, 0.1) is 0 Å². The molecule has 1 aliphatic rings. The van der Waals surface area contributed by atoms with Gasteiger partial charge in [-0.25, -0.2) is 0 Å². The molecule has 0 heterocycles. The van der Waals surface area contributed by atoms with E-state index in [4.69, 9.17) is 16.3 Å². The molecule has 0 spiro atoms. The van der Waals surface area contributed by atoms with Crippen molar-refractivity contribution in [2.24, 2.45) is 0 Å². The fraction of sp³-hybridized carbons (Fsp3) is 0.250. The summed E-state index contributed by atoms with van der Waals surface area (Å²) in [6, 6.07) is 7.26. The highest BCUT2D eigenvalue weighted by atomic mass is 35.5. The van der Waals surface area contributed by atoms with E-state index >= 15 is 0 Å². The number of carbonyl (C=O) groups is 1. The number of Topliss-reactive ketones (excluding diaryl/α,β-unsaturated/α-hetero) is 1. The van der Waals surface area contributed by atoms with Crippen molar-refractivity contribution in [2.75, 3.05) is 7.11 Å². The summed E-state index contributed by atoms with van der Waals surface area (Å²) in [4.78, 5) is 11.7. The van der Waals surface area contributed by atoms with Crippen LogP contribution in [0.4, 0.5) is 0 Å². The molecule has 0 radical (unpaired) electrons. The second-order valence-corrected chi connectivity index (χ2v) is 3.87. The van der Waals surface area contributed by atoms with Crippen LogP contribution in [0.3, 0.4) is 0 Å². The van der Waals surface area contributed by atoms with Gasteiger partial charge in [-0.05, 0) is 17.7 Å². The number of rotatable bonds is 2. The van der Waals surface area contributed by atoms with E-state index in [1.807, 2.05) is 12.1 Å². The number of halogens is 1. The monoisotopic (exact) mass is 222 g/mol. The Morgan fingerprint density at radius 3 is 2.47 bits per heavy atom. The number of carbonyl (C=O) groups excluding carboxylic acids is 1. The van der Waals surface area contributed by atoms with Gasteiger partial charge in [-0.2, -0.15) is 0 Å². The summed E-state index contributed by atoms with van der Waals surface area (Å²) in [7, 11) is 1.60. The van der Waals surface area contributed by atoms with Crippen molar-refractivity contribution in [3.05, 3.63) is 40.6 Å². The lowest BCUT2D eigenvalue weighted by Gasteiger charge is -2.05. The number of ether oxygens (including phenoxy) is 1. The lowest BCUT2D eigenvalue weighted by atomic mass is 10.0. The lowest BCUT2D eigenvalue weighted by Crippen LogP contribution is -1.96. The molecule has 0 saturated carbocycles. The van der Waals surface area contributed by atoms with E-state index in [2.05, 4.69) is 0 Å². The van der Waals surface area contributed by atoms with Gasteiger partial charge in [0, 0.05) is 17.9 Å². The Hall–Kier alpha value is -1.28. The molecular formula is C12H11ClO2. The molecule has 1 aromatic rings. The minimum absolute atomic E-state index is 0.147. The third kappa shape index (κ3) is 1.90. The molecule has 0 amide bonds. The predicted molar refractivity (Wildman–Crippen MR) is 59.6 cm³/mol. The largest absolute Gasteiger partial charge is 0.500 e. The van der Waals surface area contributed by atoms with E-state index in [-0.39, 0.29) is 5.78 Å². The maximum atomic E-state index is 11.7. The van der Waals surface area contributed by atoms with Gasteiger partial charge in [-0.3, -0.25) is 4.79 Å². The van der Waals surface area contributed by atoms with Gasteiger partial charge in [0.05, 0.1) is 12.7 Å². The molecule has 0 saturated heterocycles. The quantitative estimate of drug-likeness (QED) is 0.769. The Morgan fingerprint density at radius 1 is 1.20 bits per heavy atom. The Balaban J connectivity index is 2.44. The number of hydrogen-bond donors (Lipinski definition) is 0. The molecular weight excluding hydrogens is 212 g/mol. The first-order valence-electron chi connectivity index (χ1n) is 4.78. The molecule has 0 bridgehead atoms. The Morgan fingerprint density at radius 2 is 1.87 bits per heavy atom. The van der Waals surface area contributed by atoms with Gasteiger partial charge in [0.15, 0.2) is 5.78 Å². The molecule has 2 rings (SSSR count). The van der Waals surface area contributed by atoms with E-state index in [9.17, 15) is 4.79 Å². The Kier molecular flexibility index (Phi) is 2.78. The van der Waals surface area contributed by atoms with Gasteiger partial charge in [-0.15, -0.1) is 0 Å². The van der Waals surface area contributed by atoms with Crippen LogP contribution in [0.15, 0.2) is 30.0 Å². The van der Waals surface area contributed by atoms with Crippen molar-refractivity contribution >= 4 is 23.0 Å². The average molecular weight is 223 g/mol. The molecule has 78 valence electrons. The average Bonchev–Trinajstić information content (AvgIpc) is 2.61. The zero-order chi connectivity index (χ0) is 10.8. The minimum atomic E-state index is 0.147. The summed E-state index contributed by atoms with van der Waals surface area (Å²) >= 11 is 5.79. The van der Waals surface area contributed by atoms with E-state index in [1.54, 1.807) is 19.2 Å². The van der Waals surface area contributed by atoms with Gasteiger partial charge in [0.1, 0.15) is 5.76 Å². The molecule has 1 aliphatic carbocycles. The predicted octanol–water partition coefficient (Wildman–Crippen LogP) is 3.06. The summed E-state index contributed by atoms with van der Waals surface area (Å²) in [6.07, 6.45) is 1.24. The second-order valence-electron chi connectivity index (χ2n) is 3.43. The molecule has 2 nitrogen and oxygen atoms in total. The molecule has 0 unspecified atom stereocenters. The third-order valence-electron chi connectivity index (χ3n) is 2.52. The molecule has 0 aliphatic heterocycles. The SMILES string of the molecule is COC1=C(c2ccc(Cl)cc2)C(=O)CC1. The highest BCUT2D eigenvalue weighted by molar-refractivity contribution is 6.30. The number of hydrogen-bond acceptors (Lipinski definition) is 2. The van der Waals surface area contributed by atoms with Gasteiger partial charge >= 0.3 is 0 Å². The van der Waals surface area contributed by atoms with E-state index in [0.717, 1.165) is 11.3 Å². The van der Waals surface area contributed by atoms with Crippen molar-refractivity contribution in [1.82, 2.24) is 0 Å². The van der Waals surface area contributed by atoms with Crippen LogP contribution >= 0.6 is 11.6 Å². The van der Waals surface area contributed by atoms with Crippen LogP contribution < -0.4 is 0 Å². The van der Waals surface area contributed by atoms with Crippen molar-refractivity contribution in [3.8, 4) is 0 Å². The first-order chi connectivity index (χ1) is 7.22.